The van der Waals surface area contributed by atoms with Gasteiger partial charge in [-0.1, -0.05) is 32.3 Å². The summed E-state index contributed by atoms with van der Waals surface area (Å²) in [6.45, 7) is 4.96. The van der Waals surface area contributed by atoms with E-state index in [-0.39, 0.29) is 5.91 Å². The summed E-state index contributed by atoms with van der Waals surface area (Å²) in [5, 5.41) is 2.77. The van der Waals surface area contributed by atoms with Crippen LogP contribution in [0.4, 0.5) is 0 Å². The van der Waals surface area contributed by atoms with Crippen molar-refractivity contribution in [2.45, 2.75) is 57.5 Å². The zero-order chi connectivity index (χ0) is 12.3. The maximum atomic E-state index is 10.9. The van der Waals surface area contributed by atoms with Gasteiger partial charge in [0.2, 0.25) is 5.91 Å². The van der Waals surface area contributed by atoms with E-state index < -0.39 is 0 Å². The number of carbonyl (C=O) groups excluding carboxylic acids is 1. The lowest BCUT2D eigenvalue weighted by atomic mass is 10.1. The van der Waals surface area contributed by atoms with E-state index in [4.69, 9.17) is 4.74 Å². The van der Waals surface area contributed by atoms with Gasteiger partial charge in [-0.2, -0.15) is 0 Å². The Balaban J connectivity index is 1.92. The van der Waals surface area contributed by atoms with Gasteiger partial charge in [0.1, 0.15) is 0 Å². The molecule has 1 N–H and O–H groups in total. The number of nitrogens with one attached hydrogen (secondary N) is 1. The Kier molecular flexibility index (Phi) is 7.72. The summed E-state index contributed by atoms with van der Waals surface area (Å²) in [5.74, 6) is -0.0883. The lowest BCUT2D eigenvalue weighted by Crippen LogP contribution is -2.22. The molecule has 1 rings (SSSR count). The first-order valence-corrected chi connectivity index (χ1v) is 6.85. The largest absolute Gasteiger partial charge is 0.378 e. The molecule has 1 amide bonds. The van der Waals surface area contributed by atoms with Crippen LogP contribution >= 0.6 is 0 Å². The lowest BCUT2D eigenvalue weighted by Gasteiger charge is -2.15. The molecular formula is C14H25NO2. The zero-order valence-corrected chi connectivity index (χ0v) is 10.7. The molecule has 0 bridgehead atoms. The Bertz CT molecular complexity index is 220. The van der Waals surface area contributed by atoms with Crippen LogP contribution in [0.3, 0.4) is 0 Å². The predicted octanol–water partition coefficient (Wildman–Crippen LogP) is 2.81. The smallest absolute Gasteiger partial charge is 0.243 e. The van der Waals surface area contributed by atoms with Crippen LogP contribution in [0.15, 0.2) is 12.7 Å². The van der Waals surface area contributed by atoms with Crippen LogP contribution in [0, 0.1) is 0 Å². The molecule has 3 nitrogen and oxygen atoms in total. The van der Waals surface area contributed by atoms with E-state index in [0.717, 1.165) is 26.0 Å². The summed E-state index contributed by atoms with van der Waals surface area (Å²) in [6, 6.07) is 0. The molecule has 0 aromatic heterocycles. The van der Waals surface area contributed by atoms with Gasteiger partial charge in [-0.3, -0.25) is 4.79 Å². The highest BCUT2D eigenvalue weighted by molar-refractivity contribution is 5.86. The van der Waals surface area contributed by atoms with Gasteiger partial charge in [0.25, 0.3) is 0 Å². The van der Waals surface area contributed by atoms with E-state index in [9.17, 15) is 4.79 Å². The van der Waals surface area contributed by atoms with Crippen molar-refractivity contribution in [3.8, 4) is 0 Å². The van der Waals surface area contributed by atoms with Crippen LogP contribution in [0.25, 0.3) is 0 Å². The maximum absolute atomic E-state index is 10.9. The van der Waals surface area contributed by atoms with Gasteiger partial charge >= 0.3 is 0 Å². The Morgan fingerprint density at radius 1 is 1.24 bits per heavy atom. The molecule has 0 radical (unpaired) electrons. The van der Waals surface area contributed by atoms with E-state index in [1.165, 1.54) is 44.6 Å². The molecule has 0 saturated heterocycles. The van der Waals surface area contributed by atoms with Gasteiger partial charge in [-0.05, 0) is 31.8 Å². The summed E-state index contributed by atoms with van der Waals surface area (Å²) in [7, 11) is 0. The number of hydrogen-bond acceptors (Lipinski definition) is 2. The first-order valence-electron chi connectivity index (χ1n) is 6.85. The van der Waals surface area contributed by atoms with Crippen molar-refractivity contribution in [1.82, 2.24) is 5.32 Å². The summed E-state index contributed by atoms with van der Waals surface area (Å²) in [6.07, 6.45) is 11.6. The van der Waals surface area contributed by atoms with Gasteiger partial charge in [-0.15, -0.1) is 0 Å². The molecule has 0 heterocycles. The van der Waals surface area contributed by atoms with Crippen LogP contribution in [0.1, 0.15) is 51.4 Å². The van der Waals surface area contributed by atoms with E-state index in [0.29, 0.717) is 6.10 Å². The molecule has 0 spiro atoms. The molecule has 1 aliphatic carbocycles. The summed E-state index contributed by atoms with van der Waals surface area (Å²) < 4.78 is 5.86. The number of amides is 1. The van der Waals surface area contributed by atoms with E-state index in [1.807, 2.05) is 0 Å². The Labute approximate surface area is 105 Å². The molecule has 0 aliphatic heterocycles. The van der Waals surface area contributed by atoms with Crippen LogP contribution in [0.5, 0.6) is 0 Å². The van der Waals surface area contributed by atoms with Crippen molar-refractivity contribution in [2.75, 3.05) is 13.2 Å². The molecule has 1 fully saturated rings. The zero-order valence-electron chi connectivity index (χ0n) is 10.7. The molecule has 0 aromatic rings. The van der Waals surface area contributed by atoms with Crippen molar-refractivity contribution < 1.29 is 9.53 Å². The summed E-state index contributed by atoms with van der Waals surface area (Å²) in [5.41, 5.74) is 0. The Morgan fingerprint density at radius 2 is 1.94 bits per heavy atom. The Hall–Kier alpha value is -0.830. The van der Waals surface area contributed by atoms with Crippen molar-refractivity contribution in [3.05, 3.63) is 12.7 Å². The fraction of sp³-hybridized carbons (Fsp3) is 0.786. The first kappa shape index (κ1) is 14.2. The van der Waals surface area contributed by atoms with Gasteiger partial charge < -0.3 is 10.1 Å². The Morgan fingerprint density at radius 3 is 2.59 bits per heavy atom. The SMILES string of the molecule is C=CC(=O)NCCCCOC1CCCCCC1. The molecular weight excluding hydrogens is 214 g/mol. The fourth-order valence-electron chi connectivity index (χ4n) is 2.17. The fourth-order valence-corrected chi connectivity index (χ4v) is 2.17. The molecule has 98 valence electrons. The average molecular weight is 239 g/mol. The minimum absolute atomic E-state index is 0.0883. The highest BCUT2D eigenvalue weighted by atomic mass is 16.5. The van der Waals surface area contributed by atoms with Crippen LogP contribution in [-0.4, -0.2) is 25.2 Å². The number of hydrogen-bond donors (Lipinski definition) is 1. The third kappa shape index (κ3) is 7.16. The van der Waals surface area contributed by atoms with Crippen LogP contribution < -0.4 is 5.32 Å². The van der Waals surface area contributed by atoms with Gasteiger partial charge in [0.05, 0.1) is 6.10 Å². The van der Waals surface area contributed by atoms with Crippen LogP contribution in [0.2, 0.25) is 0 Å². The minimum Gasteiger partial charge on any atom is -0.378 e. The maximum Gasteiger partial charge on any atom is 0.243 e. The summed E-state index contributed by atoms with van der Waals surface area (Å²) in [4.78, 5) is 10.9. The van der Waals surface area contributed by atoms with E-state index in [2.05, 4.69) is 11.9 Å². The monoisotopic (exact) mass is 239 g/mol. The molecule has 0 atom stereocenters. The van der Waals surface area contributed by atoms with Crippen molar-refractivity contribution >= 4 is 5.91 Å². The lowest BCUT2D eigenvalue weighted by molar-refractivity contribution is -0.116. The quantitative estimate of drug-likeness (QED) is 0.421. The number of carbonyl (C=O) groups is 1. The van der Waals surface area contributed by atoms with Gasteiger partial charge in [0.15, 0.2) is 0 Å². The third-order valence-electron chi connectivity index (χ3n) is 3.21. The van der Waals surface area contributed by atoms with E-state index in [1.54, 1.807) is 0 Å². The van der Waals surface area contributed by atoms with Crippen molar-refractivity contribution in [3.63, 3.8) is 0 Å². The van der Waals surface area contributed by atoms with Gasteiger partial charge in [-0.25, -0.2) is 0 Å². The average Bonchev–Trinajstić information content (AvgIpc) is 2.61. The van der Waals surface area contributed by atoms with Gasteiger partial charge in [0, 0.05) is 13.2 Å². The molecule has 3 heteroatoms. The molecule has 1 aliphatic rings. The second-order valence-corrected chi connectivity index (χ2v) is 4.69. The number of ether oxygens (including phenoxy) is 1. The molecule has 0 aromatic carbocycles. The molecule has 1 saturated carbocycles. The third-order valence-corrected chi connectivity index (χ3v) is 3.21. The second kappa shape index (κ2) is 9.23. The number of unbranched alkanes of at least 4 members (excludes halogenated alkanes) is 1. The topological polar surface area (TPSA) is 38.3 Å². The standard InChI is InChI=1S/C14H25NO2/c1-2-14(16)15-11-7-8-12-17-13-9-5-3-4-6-10-13/h2,13H,1,3-12H2,(H,15,16). The minimum atomic E-state index is -0.0883. The predicted molar refractivity (Wildman–Crippen MR) is 69.9 cm³/mol. The number of rotatable bonds is 7. The van der Waals surface area contributed by atoms with Crippen molar-refractivity contribution in [2.24, 2.45) is 0 Å². The summed E-state index contributed by atoms with van der Waals surface area (Å²) >= 11 is 0. The highest BCUT2D eigenvalue weighted by Gasteiger charge is 2.11. The second-order valence-electron chi connectivity index (χ2n) is 4.69. The first-order chi connectivity index (χ1) is 8.33. The van der Waals surface area contributed by atoms with Crippen LogP contribution in [-0.2, 0) is 9.53 Å². The van der Waals surface area contributed by atoms with Crippen molar-refractivity contribution in [1.29, 1.82) is 0 Å². The highest BCUT2D eigenvalue weighted by Crippen LogP contribution is 2.19. The normalized spacial score (nSPS) is 17.4. The molecule has 0 unspecified atom stereocenters. The van der Waals surface area contributed by atoms with E-state index >= 15 is 0 Å². The molecule has 17 heavy (non-hydrogen) atoms.